The van der Waals surface area contributed by atoms with Crippen molar-refractivity contribution in [2.75, 3.05) is 13.2 Å². The van der Waals surface area contributed by atoms with Crippen molar-refractivity contribution in [2.24, 2.45) is 0 Å². The zero-order valence-electron chi connectivity index (χ0n) is 13.6. The fourth-order valence-corrected chi connectivity index (χ4v) is 2.92. The van der Waals surface area contributed by atoms with Crippen LogP contribution < -0.4 is 14.8 Å². The summed E-state index contributed by atoms with van der Waals surface area (Å²) in [4.78, 5) is 4.22. The molecule has 5 nitrogen and oxygen atoms in total. The van der Waals surface area contributed by atoms with Gasteiger partial charge in [0.1, 0.15) is 18.5 Å². The van der Waals surface area contributed by atoms with E-state index in [1.807, 2.05) is 0 Å². The van der Waals surface area contributed by atoms with E-state index in [4.69, 9.17) is 21.1 Å². The number of nitrogens with one attached hydrogen (secondary N) is 1. The van der Waals surface area contributed by atoms with E-state index < -0.39 is 5.82 Å². The molecular weight excluding hydrogens is 347 g/mol. The lowest BCUT2D eigenvalue weighted by Gasteiger charge is -2.29. The molecule has 0 amide bonds. The van der Waals surface area contributed by atoms with Gasteiger partial charge in [0.2, 0.25) is 0 Å². The summed E-state index contributed by atoms with van der Waals surface area (Å²) in [5, 5.41) is 12.8. The number of piperidine rings is 1. The molecule has 1 aliphatic rings. The first-order valence-electron chi connectivity index (χ1n) is 8.17. The van der Waals surface area contributed by atoms with Crippen LogP contribution in [0.25, 0.3) is 0 Å². The molecule has 2 heterocycles. The third-order valence-corrected chi connectivity index (χ3v) is 4.26. The summed E-state index contributed by atoms with van der Waals surface area (Å²) >= 11 is 5.72. The highest BCUT2D eigenvalue weighted by Crippen LogP contribution is 2.23. The Labute approximate surface area is 150 Å². The topological polar surface area (TPSA) is 63.6 Å². The van der Waals surface area contributed by atoms with Crippen molar-refractivity contribution in [3.05, 3.63) is 53.1 Å². The van der Waals surface area contributed by atoms with Crippen molar-refractivity contribution in [3.8, 4) is 11.5 Å². The Hall–Kier alpha value is -1.89. The molecule has 0 aliphatic carbocycles. The Morgan fingerprint density at radius 1 is 1.32 bits per heavy atom. The molecule has 0 bridgehead atoms. The zero-order chi connectivity index (χ0) is 17.6. The van der Waals surface area contributed by atoms with Gasteiger partial charge < -0.3 is 19.9 Å². The summed E-state index contributed by atoms with van der Waals surface area (Å²) in [5.41, 5.74) is 0.638. The molecular formula is C18H20ClFN2O3. The van der Waals surface area contributed by atoms with Gasteiger partial charge in [0.05, 0.1) is 12.3 Å². The molecule has 0 unspecified atom stereocenters. The fraction of sp³-hybridized carbons (Fsp3) is 0.389. The highest BCUT2D eigenvalue weighted by Gasteiger charge is 2.22. The van der Waals surface area contributed by atoms with E-state index in [2.05, 4.69) is 10.3 Å². The first kappa shape index (κ1) is 17.9. The van der Waals surface area contributed by atoms with Crippen LogP contribution in [0.15, 0.2) is 36.5 Å². The van der Waals surface area contributed by atoms with Crippen LogP contribution in [0.1, 0.15) is 18.5 Å². The minimum Gasteiger partial charge on any atom is -0.490 e. The molecule has 0 saturated carbocycles. The second-order valence-corrected chi connectivity index (χ2v) is 6.38. The Morgan fingerprint density at radius 3 is 3.00 bits per heavy atom. The molecule has 2 N–H and O–H groups in total. The maximum Gasteiger partial charge on any atom is 0.166 e. The van der Waals surface area contributed by atoms with Gasteiger partial charge in [-0.1, -0.05) is 11.6 Å². The van der Waals surface area contributed by atoms with Crippen LogP contribution >= 0.6 is 11.6 Å². The molecule has 25 heavy (non-hydrogen) atoms. The summed E-state index contributed by atoms with van der Waals surface area (Å²) in [7, 11) is 0. The predicted octanol–water partition coefficient (Wildman–Crippen LogP) is 2.94. The summed E-state index contributed by atoms with van der Waals surface area (Å²) < 4.78 is 25.2. The maximum absolute atomic E-state index is 13.7. The van der Waals surface area contributed by atoms with Gasteiger partial charge in [-0.3, -0.25) is 4.98 Å². The van der Waals surface area contributed by atoms with Crippen LogP contribution in [0.5, 0.6) is 11.5 Å². The SMILES string of the molecule is OC[C@H]1C[C@@H](Oc2ccnc(COc3ccc(Cl)cc3F)c2)CCN1. The van der Waals surface area contributed by atoms with E-state index in [-0.39, 0.29) is 31.1 Å². The van der Waals surface area contributed by atoms with Gasteiger partial charge >= 0.3 is 0 Å². The molecule has 1 aromatic carbocycles. The number of hydrogen-bond acceptors (Lipinski definition) is 5. The molecule has 2 atom stereocenters. The Balaban J connectivity index is 1.59. The summed E-state index contributed by atoms with van der Waals surface area (Å²) in [6.45, 7) is 1.04. The van der Waals surface area contributed by atoms with Crippen molar-refractivity contribution >= 4 is 11.6 Å². The van der Waals surface area contributed by atoms with E-state index in [1.54, 1.807) is 24.4 Å². The molecule has 0 radical (unpaired) electrons. The van der Waals surface area contributed by atoms with Crippen LogP contribution in [0.4, 0.5) is 4.39 Å². The van der Waals surface area contributed by atoms with Crippen molar-refractivity contribution in [2.45, 2.75) is 31.6 Å². The van der Waals surface area contributed by atoms with Crippen LogP contribution in [0, 0.1) is 5.82 Å². The normalized spacial score (nSPS) is 20.3. The zero-order valence-corrected chi connectivity index (χ0v) is 14.4. The molecule has 2 aromatic rings. The molecule has 134 valence electrons. The lowest BCUT2D eigenvalue weighted by molar-refractivity contribution is 0.114. The Morgan fingerprint density at radius 2 is 2.20 bits per heavy atom. The summed E-state index contributed by atoms with van der Waals surface area (Å²) in [5.74, 6) is 0.306. The van der Waals surface area contributed by atoms with E-state index >= 15 is 0 Å². The monoisotopic (exact) mass is 366 g/mol. The molecule has 3 rings (SSSR count). The third-order valence-electron chi connectivity index (χ3n) is 4.03. The number of aliphatic hydroxyl groups is 1. The molecule has 7 heteroatoms. The lowest BCUT2D eigenvalue weighted by atomic mass is 10.0. The number of hydrogen-bond donors (Lipinski definition) is 2. The fourth-order valence-electron chi connectivity index (χ4n) is 2.76. The second kappa shape index (κ2) is 8.47. The van der Waals surface area contributed by atoms with E-state index in [0.29, 0.717) is 16.5 Å². The van der Waals surface area contributed by atoms with E-state index in [1.165, 1.54) is 12.1 Å². The maximum atomic E-state index is 13.7. The lowest BCUT2D eigenvalue weighted by Crippen LogP contribution is -2.44. The van der Waals surface area contributed by atoms with Gasteiger partial charge in [-0.05, 0) is 37.2 Å². The number of rotatable bonds is 6. The summed E-state index contributed by atoms with van der Waals surface area (Å²) in [6, 6.07) is 7.89. The standard InChI is InChI=1S/C18H20ClFN2O3/c19-12-1-2-18(17(20)7-12)24-11-14-9-16(4-6-22-14)25-15-3-5-21-13(8-15)10-23/h1-2,4,6-7,9,13,15,21,23H,3,5,8,10-11H2/t13-,15+/m1/s1. The minimum atomic E-state index is -0.510. The third kappa shape index (κ3) is 5.04. The van der Waals surface area contributed by atoms with Crippen LogP contribution in [0.2, 0.25) is 5.02 Å². The minimum absolute atomic E-state index is 0.0447. The van der Waals surface area contributed by atoms with Crippen molar-refractivity contribution < 1.29 is 19.0 Å². The van der Waals surface area contributed by atoms with Crippen LogP contribution in [-0.2, 0) is 6.61 Å². The van der Waals surface area contributed by atoms with Crippen LogP contribution in [0.3, 0.4) is 0 Å². The number of nitrogens with zero attached hydrogens (tertiary/aromatic N) is 1. The Kier molecular flexibility index (Phi) is 6.07. The van der Waals surface area contributed by atoms with E-state index in [0.717, 1.165) is 19.4 Å². The van der Waals surface area contributed by atoms with Gasteiger partial charge in [-0.2, -0.15) is 0 Å². The predicted molar refractivity (Wildman–Crippen MR) is 92.5 cm³/mol. The smallest absolute Gasteiger partial charge is 0.166 e. The van der Waals surface area contributed by atoms with Gasteiger partial charge in [0.25, 0.3) is 0 Å². The summed E-state index contributed by atoms with van der Waals surface area (Å²) in [6.07, 6.45) is 3.31. The Bertz CT molecular complexity index is 716. The van der Waals surface area contributed by atoms with Gasteiger partial charge in [-0.15, -0.1) is 0 Å². The van der Waals surface area contributed by atoms with Crippen LogP contribution in [-0.4, -0.2) is 35.4 Å². The van der Waals surface area contributed by atoms with E-state index in [9.17, 15) is 9.50 Å². The number of halogens is 2. The van der Waals surface area contributed by atoms with Crippen molar-refractivity contribution in [3.63, 3.8) is 0 Å². The number of aliphatic hydroxyl groups excluding tert-OH is 1. The quantitative estimate of drug-likeness (QED) is 0.823. The average molecular weight is 367 g/mol. The first-order valence-corrected chi connectivity index (χ1v) is 8.55. The van der Waals surface area contributed by atoms with Gasteiger partial charge in [0.15, 0.2) is 11.6 Å². The first-order chi connectivity index (χ1) is 12.1. The molecule has 1 saturated heterocycles. The number of pyridine rings is 1. The average Bonchev–Trinajstić information content (AvgIpc) is 2.61. The number of ether oxygens (including phenoxy) is 2. The van der Waals surface area contributed by atoms with Crippen molar-refractivity contribution in [1.29, 1.82) is 0 Å². The largest absolute Gasteiger partial charge is 0.490 e. The second-order valence-electron chi connectivity index (χ2n) is 5.94. The molecule has 0 spiro atoms. The van der Waals surface area contributed by atoms with Gasteiger partial charge in [-0.25, -0.2) is 4.39 Å². The molecule has 1 fully saturated rings. The highest BCUT2D eigenvalue weighted by atomic mass is 35.5. The highest BCUT2D eigenvalue weighted by molar-refractivity contribution is 6.30. The molecule has 1 aliphatic heterocycles. The van der Waals surface area contributed by atoms with Gasteiger partial charge in [0, 0.05) is 29.7 Å². The number of aromatic nitrogens is 1. The number of benzene rings is 1. The molecule has 1 aromatic heterocycles. The van der Waals surface area contributed by atoms with Crippen molar-refractivity contribution in [1.82, 2.24) is 10.3 Å².